The summed E-state index contributed by atoms with van der Waals surface area (Å²) in [5.74, 6) is -1.29. The normalized spacial score (nSPS) is 11.3. The molecule has 2 aromatic carbocycles. The number of hydrazine groups is 1. The fraction of sp³-hybridized carbons (Fsp3) is 0.286. The van der Waals surface area contributed by atoms with E-state index in [2.05, 4.69) is 21.5 Å². The molecule has 7 nitrogen and oxygen atoms in total. The second-order valence-corrected chi connectivity index (χ2v) is 7.07. The quantitative estimate of drug-likeness (QED) is 0.481. The molecule has 2 aromatic rings. The lowest BCUT2D eigenvalue weighted by molar-refractivity contribution is -0.129. The smallest absolute Gasteiger partial charge is 0.315 e. The average molecular weight is 435 g/mol. The van der Waals surface area contributed by atoms with Crippen LogP contribution in [-0.4, -0.2) is 23.9 Å². The zero-order chi connectivity index (χ0) is 21.9. The van der Waals surface area contributed by atoms with Crippen molar-refractivity contribution < 1.29 is 18.8 Å². The van der Waals surface area contributed by atoms with E-state index in [-0.39, 0.29) is 18.8 Å². The number of carbonyl (C=O) groups excluding carboxylic acids is 3. The van der Waals surface area contributed by atoms with Crippen molar-refractivity contribution in [1.29, 1.82) is 0 Å². The van der Waals surface area contributed by atoms with E-state index in [9.17, 15) is 18.8 Å². The minimum absolute atomic E-state index is 0.0709. The van der Waals surface area contributed by atoms with Crippen LogP contribution in [0.3, 0.4) is 0 Å². The van der Waals surface area contributed by atoms with E-state index in [1.54, 1.807) is 36.4 Å². The van der Waals surface area contributed by atoms with Crippen LogP contribution in [0.4, 0.5) is 9.18 Å². The fourth-order valence-corrected chi connectivity index (χ4v) is 2.73. The molecule has 0 heterocycles. The molecule has 0 aliphatic rings. The van der Waals surface area contributed by atoms with E-state index < -0.39 is 23.9 Å². The Bertz CT molecular complexity index is 860. The first-order valence-electron chi connectivity index (χ1n) is 9.49. The predicted octanol–water partition coefficient (Wildman–Crippen LogP) is 2.84. The Labute approximate surface area is 179 Å². The largest absolute Gasteiger partial charge is 0.334 e. The monoisotopic (exact) mass is 434 g/mol. The second-order valence-electron chi connectivity index (χ2n) is 6.64. The van der Waals surface area contributed by atoms with Crippen molar-refractivity contribution in [3.8, 4) is 0 Å². The van der Waals surface area contributed by atoms with E-state index in [0.717, 1.165) is 11.1 Å². The molecule has 0 aliphatic carbocycles. The minimum Gasteiger partial charge on any atom is -0.334 e. The Hall–Kier alpha value is -3.13. The van der Waals surface area contributed by atoms with Gasteiger partial charge < -0.3 is 10.6 Å². The third kappa shape index (κ3) is 8.08. The number of amides is 4. The highest BCUT2D eigenvalue weighted by Crippen LogP contribution is 2.09. The van der Waals surface area contributed by atoms with Crippen molar-refractivity contribution in [3.05, 3.63) is 70.5 Å². The molecule has 4 N–H and O–H groups in total. The molecule has 0 aromatic heterocycles. The molecule has 1 unspecified atom stereocenters. The van der Waals surface area contributed by atoms with Crippen LogP contribution in [0.15, 0.2) is 48.5 Å². The number of hydrogen-bond donors (Lipinski definition) is 4. The van der Waals surface area contributed by atoms with Gasteiger partial charge in [-0.3, -0.25) is 20.4 Å². The summed E-state index contributed by atoms with van der Waals surface area (Å²) in [6.07, 6.45) is 1.11. The van der Waals surface area contributed by atoms with Crippen LogP contribution in [0.1, 0.15) is 30.9 Å². The molecule has 0 fully saturated rings. The fourth-order valence-electron chi connectivity index (χ4n) is 2.60. The average Bonchev–Trinajstić information content (AvgIpc) is 2.73. The van der Waals surface area contributed by atoms with Gasteiger partial charge in [0.2, 0.25) is 5.91 Å². The summed E-state index contributed by atoms with van der Waals surface area (Å²) < 4.78 is 12.9. The van der Waals surface area contributed by atoms with Crippen molar-refractivity contribution in [3.63, 3.8) is 0 Å². The number of rotatable bonds is 8. The lowest BCUT2D eigenvalue weighted by atomic mass is 10.1. The van der Waals surface area contributed by atoms with E-state index in [1.807, 2.05) is 6.92 Å². The Morgan fingerprint density at radius 2 is 1.60 bits per heavy atom. The molecule has 0 spiro atoms. The topological polar surface area (TPSA) is 99.3 Å². The first kappa shape index (κ1) is 23.2. The summed E-state index contributed by atoms with van der Waals surface area (Å²) in [5, 5.41) is 5.76. The van der Waals surface area contributed by atoms with Gasteiger partial charge in [0.25, 0.3) is 5.91 Å². The van der Waals surface area contributed by atoms with Crippen LogP contribution in [0.2, 0.25) is 5.02 Å². The van der Waals surface area contributed by atoms with Crippen molar-refractivity contribution in [1.82, 2.24) is 21.5 Å². The number of carbonyl (C=O) groups is 3. The van der Waals surface area contributed by atoms with Crippen LogP contribution in [0.5, 0.6) is 0 Å². The molecule has 0 saturated heterocycles. The predicted molar refractivity (Wildman–Crippen MR) is 112 cm³/mol. The Balaban J connectivity index is 1.79. The summed E-state index contributed by atoms with van der Waals surface area (Å²) in [4.78, 5) is 36.5. The molecular weight excluding hydrogens is 411 g/mol. The van der Waals surface area contributed by atoms with Gasteiger partial charge in [0.1, 0.15) is 11.9 Å². The van der Waals surface area contributed by atoms with Gasteiger partial charge in [-0.15, -0.1) is 0 Å². The highest BCUT2D eigenvalue weighted by molar-refractivity contribution is 6.30. The van der Waals surface area contributed by atoms with Gasteiger partial charge >= 0.3 is 6.03 Å². The molecule has 0 aliphatic heterocycles. The number of hydrogen-bond acceptors (Lipinski definition) is 3. The highest BCUT2D eigenvalue weighted by Gasteiger charge is 2.20. The van der Waals surface area contributed by atoms with Crippen LogP contribution in [0, 0.1) is 5.82 Å². The zero-order valence-electron chi connectivity index (χ0n) is 16.5. The summed E-state index contributed by atoms with van der Waals surface area (Å²) in [7, 11) is 0. The SMILES string of the molecule is CCCC(NC(=O)NCc1ccc(F)cc1)C(=O)NNC(=O)Cc1ccc(Cl)cc1. The standard InChI is InChI=1S/C21H24ClFN4O3/c1-2-3-18(25-21(30)24-13-15-6-10-17(23)11-7-15)20(29)27-26-19(28)12-14-4-8-16(22)9-5-14/h4-11,18H,2-3,12-13H2,1H3,(H,26,28)(H,27,29)(H2,24,25,30). The lowest BCUT2D eigenvalue weighted by Crippen LogP contribution is -2.54. The minimum atomic E-state index is -0.820. The molecule has 0 radical (unpaired) electrons. The molecule has 30 heavy (non-hydrogen) atoms. The van der Waals surface area contributed by atoms with Crippen molar-refractivity contribution in [2.75, 3.05) is 0 Å². The second kappa shape index (κ2) is 11.8. The van der Waals surface area contributed by atoms with Gasteiger partial charge in [-0.05, 0) is 41.8 Å². The Kier molecular flexibility index (Phi) is 9.08. The van der Waals surface area contributed by atoms with Crippen LogP contribution < -0.4 is 21.5 Å². The Morgan fingerprint density at radius 1 is 0.967 bits per heavy atom. The molecule has 0 bridgehead atoms. The van der Waals surface area contributed by atoms with E-state index in [1.165, 1.54) is 12.1 Å². The Morgan fingerprint density at radius 3 is 2.23 bits per heavy atom. The van der Waals surface area contributed by atoms with Crippen molar-refractivity contribution in [2.24, 2.45) is 0 Å². The van der Waals surface area contributed by atoms with Crippen molar-refractivity contribution in [2.45, 2.75) is 38.8 Å². The molecule has 1 atom stereocenters. The molecule has 9 heteroatoms. The maximum Gasteiger partial charge on any atom is 0.315 e. The van der Waals surface area contributed by atoms with Crippen molar-refractivity contribution >= 4 is 29.4 Å². The number of nitrogens with one attached hydrogen (secondary N) is 4. The van der Waals surface area contributed by atoms with E-state index >= 15 is 0 Å². The number of benzene rings is 2. The first-order chi connectivity index (χ1) is 14.4. The molecule has 160 valence electrons. The van der Waals surface area contributed by atoms with Gasteiger partial charge in [0.15, 0.2) is 0 Å². The van der Waals surface area contributed by atoms with Crippen LogP contribution in [0.25, 0.3) is 0 Å². The van der Waals surface area contributed by atoms with Gasteiger partial charge in [-0.25, -0.2) is 9.18 Å². The molecule has 2 rings (SSSR count). The summed E-state index contributed by atoms with van der Waals surface area (Å²) in [6.45, 7) is 2.06. The molecular formula is C21H24ClFN4O3. The van der Waals surface area contributed by atoms with E-state index in [0.29, 0.717) is 17.9 Å². The van der Waals surface area contributed by atoms with E-state index in [4.69, 9.17) is 11.6 Å². The number of halogens is 2. The molecule has 0 saturated carbocycles. The van der Waals surface area contributed by atoms with Crippen LogP contribution in [-0.2, 0) is 22.6 Å². The van der Waals surface area contributed by atoms with Gasteiger partial charge in [0, 0.05) is 11.6 Å². The van der Waals surface area contributed by atoms with Gasteiger partial charge in [-0.2, -0.15) is 0 Å². The molecule has 4 amide bonds. The number of urea groups is 1. The maximum atomic E-state index is 12.9. The van der Waals surface area contributed by atoms with Gasteiger partial charge in [-0.1, -0.05) is 49.2 Å². The van der Waals surface area contributed by atoms with Gasteiger partial charge in [0.05, 0.1) is 6.42 Å². The van der Waals surface area contributed by atoms with Crippen LogP contribution >= 0.6 is 11.6 Å². The summed E-state index contributed by atoms with van der Waals surface area (Å²) in [5.41, 5.74) is 6.14. The highest BCUT2D eigenvalue weighted by atomic mass is 35.5. The summed E-state index contributed by atoms with van der Waals surface area (Å²) in [6, 6.07) is 11.1. The lowest BCUT2D eigenvalue weighted by Gasteiger charge is -2.18. The zero-order valence-corrected chi connectivity index (χ0v) is 17.3. The third-order valence-electron chi connectivity index (χ3n) is 4.17. The third-order valence-corrected chi connectivity index (χ3v) is 4.42. The first-order valence-corrected chi connectivity index (χ1v) is 9.87. The summed E-state index contributed by atoms with van der Waals surface area (Å²) >= 11 is 5.81. The maximum absolute atomic E-state index is 12.9.